The van der Waals surface area contributed by atoms with Crippen molar-refractivity contribution in [3.63, 3.8) is 0 Å². The summed E-state index contributed by atoms with van der Waals surface area (Å²) in [6.07, 6.45) is 0. The second-order valence-electron chi connectivity index (χ2n) is 5.45. The fourth-order valence-electron chi connectivity index (χ4n) is 2.98. The number of rotatable bonds is 3. The number of esters is 1. The first-order valence-electron chi connectivity index (χ1n) is 7.72. The van der Waals surface area contributed by atoms with E-state index in [-0.39, 0.29) is 23.5 Å². The zero-order valence-corrected chi connectivity index (χ0v) is 13.5. The Hall–Kier alpha value is -3.01. The standard InChI is InChI=1S/C20H16O4/c1-3-24-20(23)17(12(2)21)18-15-10-6-4-8-13(15)14-9-5-7-11-16(14)19(18)22/h4-11H,3H2,1-2H3. The van der Waals surface area contributed by atoms with Gasteiger partial charge in [-0.3, -0.25) is 9.59 Å². The lowest BCUT2D eigenvalue weighted by molar-refractivity contribution is -0.139. The van der Waals surface area contributed by atoms with E-state index in [1.165, 1.54) is 6.92 Å². The number of allylic oxidation sites excluding steroid dienone is 1. The Kier molecular flexibility index (Phi) is 4.13. The highest BCUT2D eigenvalue weighted by Gasteiger charge is 2.33. The number of ether oxygens (including phenoxy) is 1. The molecular formula is C20H16O4. The first-order valence-corrected chi connectivity index (χ1v) is 7.72. The molecule has 120 valence electrons. The first kappa shape index (κ1) is 15.9. The molecule has 0 aromatic heterocycles. The molecule has 0 N–H and O–H groups in total. The first-order chi connectivity index (χ1) is 11.6. The molecule has 4 heteroatoms. The molecule has 3 rings (SSSR count). The van der Waals surface area contributed by atoms with Gasteiger partial charge in [0.2, 0.25) is 0 Å². The number of hydrogen-bond acceptors (Lipinski definition) is 4. The minimum atomic E-state index is -0.762. The molecule has 0 atom stereocenters. The highest BCUT2D eigenvalue weighted by atomic mass is 16.5. The number of Topliss-reactive ketones (excluding diaryl/α,β-unsaturated/α-hetero) is 2. The maximum atomic E-state index is 13.0. The Morgan fingerprint density at radius 2 is 1.38 bits per heavy atom. The van der Waals surface area contributed by atoms with Crippen molar-refractivity contribution < 1.29 is 19.1 Å². The summed E-state index contributed by atoms with van der Waals surface area (Å²) in [6.45, 7) is 3.07. The fourth-order valence-corrected chi connectivity index (χ4v) is 2.98. The number of benzene rings is 2. The normalized spacial score (nSPS) is 14.5. The summed E-state index contributed by atoms with van der Waals surface area (Å²) in [5.41, 5.74) is 2.62. The predicted octanol–water partition coefficient (Wildman–Crippen LogP) is 3.46. The molecule has 0 radical (unpaired) electrons. The van der Waals surface area contributed by atoms with Gasteiger partial charge in [0.15, 0.2) is 11.6 Å². The van der Waals surface area contributed by atoms with E-state index < -0.39 is 11.8 Å². The summed E-state index contributed by atoms with van der Waals surface area (Å²) in [4.78, 5) is 37.4. The third-order valence-electron chi connectivity index (χ3n) is 3.97. The quantitative estimate of drug-likeness (QED) is 0.376. The molecule has 2 aromatic carbocycles. The second-order valence-corrected chi connectivity index (χ2v) is 5.45. The molecular weight excluding hydrogens is 304 g/mol. The van der Waals surface area contributed by atoms with Crippen LogP contribution in [0, 0.1) is 0 Å². The molecule has 0 bridgehead atoms. The van der Waals surface area contributed by atoms with Crippen LogP contribution in [0.15, 0.2) is 54.1 Å². The minimum absolute atomic E-state index is 0.121. The van der Waals surface area contributed by atoms with Crippen molar-refractivity contribution >= 4 is 23.1 Å². The van der Waals surface area contributed by atoms with Crippen molar-refractivity contribution in [1.82, 2.24) is 0 Å². The maximum absolute atomic E-state index is 13.0. The van der Waals surface area contributed by atoms with Gasteiger partial charge in [-0.05, 0) is 30.5 Å². The number of carbonyl (C=O) groups is 3. The number of ketones is 2. The highest BCUT2D eigenvalue weighted by molar-refractivity contribution is 6.42. The van der Waals surface area contributed by atoms with Gasteiger partial charge in [-0.2, -0.15) is 0 Å². The van der Waals surface area contributed by atoms with E-state index in [0.29, 0.717) is 11.1 Å². The molecule has 2 aromatic rings. The molecule has 1 aliphatic carbocycles. The lowest BCUT2D eigenvalue weighted by atomic mass is 9.79. The Morgan fingerprint density at radius 3 is 1.92 bits per heavy atom. The molecule has 0 amide bonds. The second kappa shape index (κ2) is 6.24. The zero-order chi connectivity index (χ0) is 17.3. The summed E-state index contributed by atoms with van der Waals surface area (Å²) in [6, 6.07) is 14.5. The van der Waals surface area contributed by atoms with Crippen LogP contribution in [0.25, 0.3) is 16.7 Å². The van der Waals surface area contributed by atoms with Crippen LogP contribution in [0.4, 0.5) is 0 Å². The molecule has 24 heavy (non-hydrogen) atoms. The summed E-state index contributed by atoms with van der Waals surface area (Å²) in [5.74, 6) is -1.57. The van der Waals surface area contributed by atoms with Gasteiger partial charge in [-0.15, -0.1) is 0 Å². The van der Waals surface area contributed by atoms with E-state index in [1.807, 2.05) is 24.3 Å². The average Bonchev–Trinajstić information content (AvgIpc) is 2.58. The van der Waals surface area contributed by atoms with Gasteiger partial charge in [0.1, 0.15) is 5.57 Å². The number of carbonyl (C=O) groups excluding carboxylic acids is 3. The molecule has 0 fully saturated rings. The van der Waals surface area contributed by atoms with Crippen molar-refractivity contribution in [2.24, 2.45) is 0 Å². The van der Waals surface area contributed by atoms with Crippen LogP contribution < -0.4 is 0 Å². The van der Waals surface area contributed by atoms with Gasteiger partial charge < -0.3 is 4.74 Å². The Balaban J connectivity index is 2.37. The van der Waals surface area contributed by atoms with Crippen LogP contribution in [0.5, 0.6) is 0 Å². The zero-order valence-electron chi connectivity index (χ0n) is 13.5. The van der Waals surface area contributed by atoms with E-state index in [2.05, 4.69) is 0 Å². The Bertz CT molecular complexity index is 890. The summed E-state index contributed by atoms with van der Waals surface area (Å²) in [5, 5.41) is 0. The largest absolute Gasteiger partial charge is 0.462 e. The van der Waals surface area contributed by atoms with Crippen molar-refractivity contribution in [1.29, 1.82) is 0 Å². The average molecular weight is 320 g/mol. The molecule has 0 spiro atoms. The van der Waals surface area contributed by atoms with Crippen LogP contribution in [-0.4, -0.2) is 24.1 Å². The molecule has 4 nitrogen and oxygen atoms in total. The smallest absolute Gasteiger partial charge is 0.342 e. The fraction of sp³-hybridized carbons (Fsp3) is 0.150. The van der Waals surface area contributed by atoms with Crippen molar-refractivity contribution in [2.45, 2.75) is 13.8 Å². The van der Waals surface area contributed by atoms with Crippen molar-refractivity contribution in [3.8, 4) is 11.1 Å². The molecule has 0 heterocycles. The van der Waals surface area contributed by atoms with Gasteiger partial charge in [0, 0.05) is 11.1 Å². The minimum Gasteiger partial charge on any atom is -0.462 e. The van der Waals surface area contributed by atoms with E-state index in [4.69, 9.17) is 4.74 Å². The van der Waals surface area contributed by atoms with E-state index in [0.717, 1.165) is 11.1 Å². The van der Waals surface area contributed by atoms with Crippen LogP contribution >= 0.6 is 0 Å². The molecule has 0 aliphatic heterocycles. The van der Waals surface area contributed by atoms with Gasteiger partial charge in [0.25, 0.3) is 0 Å². The van der Waals surface area contributed by atoms with Crippen LogP contribution in [0.3, 0.4) is 0 Å². The lowest BCUT2D eigenvalue weighted by Crippen LogP contribution is -2.22. The SMILES string of the molecule is CCOC(=O)C(C(C)=O)=C1C(=O)c2ccccc2-c2ccccc21. The third kappa shape index (κ3) is 2.46. The Labute approximate surface area is 139 Å². The monoisotopic (exact) mass is 320 g/mol. The van der Waals surface area contributed by atoms with E-state index in [1.54, 1.807) is 31.2 Å². The third-order valence-corrected chi connectivity index (χ3v) is 3.97. The van der Waals surface area contributed by atoms with Crippen LogP contribution in [-0.2, 0) is 14.3 Å². The van der Waals surface area contributed by atoms with Gasteiger partial charge >= 0.3 is 5.97 Å². The van der Waals surface area contributed by atoms with Crippen LogP contribution in [0.2, 0.25) is 0 Å². The Morgan fingerprint density at radius 1 is 0.875 bits per heavy atom. The van der Waals surface area contributed by atoms with E-state index in [9.17, 15) is 14.4 Å². The summed E-state index contributed by atoms with van der Waals surface area (Å²) < 4.78 is 5.00. The maximum Gasteiger partial charge on any atom is 0.342 e. The molecule has 1 aliphatic rings. The summed E-state index contributed by atoms with van der Waals surface area (Å²) in [7, 11) is 0. The summed E-state index contributed by atoms with van der Waals surface area (Å²) >= 11 is 0. The molecule has 0 unspecified atom stereocenters. The van der Waals surface area contributed by atoms with E-state index >= 15 is 0 Å². The lowest BCUT2D eigenvalue weighted by Gasteiger charge is -2.22. The van der Waals surface area contributed by atoms with Gasteiger partial charge in [-0.25, -0.2) is 4.79 Å². The highest BCUT2D eigenvalue weighted by Crippen LogP contribution is 2.40. The molecule has 0 saturated heterocycles. The molecule has 0 saturated carbocycles. The number of fused-ring (bicyclic) bond motifs is 3. The van der Waals surface area contributed by atoms with Crippen LogP contribution in [0.1, 0.15) is 29.8 Å². The van der Waals surface area contributed by atoms with Crippen molar-refractivity contribution in [2.75, 3.05) is 6.61 Å². The van der Waals surface area contributed by atoms with Gasteiger partial charge in [-0.1, -0.05) is 48.5 Å². The van der Waals surface area contributed by atoms with Crippen molar-refractivity contribution in [3.05, 3.63) is 65.2 Å². The number of hydrogen-bond donors (Lipinski definition) is 0. The predicted molar refractivity (Wildman–Crippen MR) is 90.4 cm³/mol. The topological polar surface area (TPSA) is 60.4 Å². The van der Waals surface area contributed by atoms with Gasteiger partial charge in [0.05, 0.1) is 6.61 Å².